The largest absolute Gasteiger partial charge is 0.587 e. The van der Waals surface area contributed by atoms with Gasteiger partial charge in [0.2, 0.25) is 0 Å². The molecule has 7 heteroatoms. The number of ether oxygens (including phenoxy) is 1. The molecule has 0 aromatic heterocycles. The molecule has 0 amide bonds. The molecule has 0 aliphatic rings. The molecular formula is C30H30BrO5P. The summed E-state index contributed by atoms with van der Waals surface area (Å²) < 4.78 is 36.8. The lowest BCUT2D eigenvalue weighted by Crippen LogP contribution is -2.12. The fourth-order valence-corrected chi connectivity index (χ4v) is 5.71. The molecule has 0 heterocycles. The van der Waals surface area contributed by atoms with Crippen LogP contribution in [0.2, 0.25) is 0 Å². The number of para-hydroxylation sites is 2. The van der Waals surface area contributed by atoms with Crippen molar-refractivity contribution in [2.45, 2.75) is 23.8 Å². The highest BCUT2D eigenvalue weighted by Crippen LogP contribution is 2.49. The summed E-state index contributed by atoms with van der Waals surface area (Å²) in [5, 5.41) is 0. The van der Waals surface area contributed by atoms with Crippen LogP contribution in [-0.2, 0) is 13.8 Å². The Morgan fingerprint density at radius 2 is 1.03 bits per heavy atom. The van der Waals surface area contributed by atoms with Gasteiger partial charge in [0.05, 0.1) is 17.5 Å². The highest BCUT2D eigenvalue weighted by atomic mass is 79.9. The number of hydrogen-bond donors (Lipinski definition) is 0. The first-order valence-electron chi connectivity index (χ1n) is 12.2. The molecule has 5 nitrogen and oxygen atoms in total. The van der Waals surface area contributed by atoms with E-state index in [0.717, 1.165) is 11.1 Å². The van der Waals surface area contributed by atoms with E-state index in [4.69, 9.17) is 18.3 Å². The average molecular weight is 581 g/mol. The third kappa shape index (κ3) is 8.58. The summed E-state index contributed by atoms with van der Waals surface area (Å²) in [6.07, 6.45) is 1.19. The van der Waals surface area contributed by atoms with Crippen LogP contribution < -0.4 is 9.05 Å². The summed E-state index contributed by atoms with van der Waals surface area (Å²) in [6, 6.07) is 38.2. The molecule has 0 aliphatic carbocycles. The first-order valence-corrected chi connectivity index (χ1v) is 14.6. The van der Waals surface area contributed by atoms with Crippen molar-refractivity contribution in [3.8, 4) is 11.5 Å². The van der Waals surface area contributed by atoms with Gasteiger partial charge in [0.15, 0.2) is 0 Å². The first-order chi connectivity index (χ1) is 18.1. The molecule has 0 aliphatic heterocycles. The van der Waals surface area contributed by atoms with Crippen molar-refractivity contribution in [2.75, 3.05) is 13.2 Å². The van der Waals surface area contributed by atoms with Gasteiger partial charge in [-0.05, 0) is 48.2 Å². The maximum atomic E-state index is 13.4. The fourth-order valence-electron chi connectivity index (χ4n) is 3.69. The van der Waals surface area contributed by atoms with Crippen LogP contribution in [0.3, 0.4) is 0 Å². The molecule has 0 fully saturated rings. The SMILES string of the molecule is O=P(OCCCCO[C@H](c1ccccc1)[C@H](Br)c1ccccc1)(Oc1ccccc1)Oc1ccccc1. The van der Waals surface area contributed by atoms with Crippen LogP contribution in [0, 0.1) is 0 Å². The maximum absolute atomic E-state index is 13.4. The predicted octanol–water partition coefficient (Wildman–Crippen LogP) is 8.94. The minimum Gasteiger partial charge on any atom is -0.395 e. The number of halogens is 1. The first kappa shape index (κ1) is 27.2. The highest BCUT2D eigenvalue weighted by Gasteiger charge is 2.30. The topological polar surface area (TPSA) is 54.0 Å². The molecule has 37 heavy (non-hydrogen) atoms. The van der Waals surface area contributed by atoms with Crippen molar-refractivity contribution >= 4 is 23.8 Å². The summed E-state index contributed by atoms with van der Waals surface area (Å²) in [4.78, 5) is 0.00566. The van der Waals surface area contributed by atoms with Crippen LogP contribution in [0.4, 0.5) is 0 Å². The standard InChI is InChI=1S/C30H30BrO5P/c31-29(25-15-5-1-6-16-25)30(26-17-7-2-8-18-26)33-23-13-14-24-34-37(32,35-27-19-9-3-10-20-27)36-28-21-11-4-12-22-28/h1-12,15-22,29-30H,13-14,23-24H2/t29-,30-/m1/s1. The van der Waals surface area contributed by atoms with E-state index >= 15 is 0 Å². The molecule has 0 unspecified atom stereocenters. The van der Waals surface area contributed by atoms with Crippen molar-refractivity contribution in [1.29, 1.82) is 0 Å². The number of phosphoric acid groups is 1. The zero-order valence-corrected chi connectivity index (χ0v) is 22.9. The molecule has 0 radical (unpaired) electrons. The van der Waals surface area contributed by atoms with Gasteiger partial charge in [0.1, 0.15) is 11.5 Å². The number of unbranched alkanes of at least 4 members (excludes halogenated alkanes) is 1. The third-order valence-corrected chi connectivity index (χ3v) is 7.89. The normalized spacial score (nSPS) is 13.0. The summed E-state index contributed by atoms with van der Waals surface area (Å²) in [5.74, 6) is 0.833. The Morgan fingerprint density at radius 3 is 1.54 bits per heavy atom. The number of hydrogen-bond acceptors (Lipinski definition) is 5. The second kappa shape index (κ2) is 14.2. The molecule has 4 rings (SSSR count). The molecule has 0 saturated carbocycles. The van der Waals surface area contributed by atoms with Gasteiger partial charge in [0.25, 0.3) is 0 Å². The van der Waals surface area contributed by atoms with Crippen molar-refractivity contribution in [1.82, 2.24) is 0 Å². The lowest BCUT2D eigenvalue weighted by molar-refractivity contribution is 0.0473. The Labute approximate surface area is 227 Å². The highest BCUT2D eigenvalue weighted by molar-refractivity contribution is 9.09. The van der Waals surface area contributed by atoms with Crippen molar-refractivity contribution in [3.05, 3.63) is 132 Å². The van der Waals surface area contributed by atoms with Crippen LogP contribution in [0.15, 0.2) is 121 Å². The van der Waals surface area contributed by atoms with E-state index < -0.39 is 7.82 Å². The molecule has 2 atom stereocenters. The van der Waals surface area contributed by atoms with Crippen LogP contribution in [0.25, 0.3) is 0 Å². The lowest BCUT2D eigenvalue weighted by Gasteiger charge is -2.24. The van der Waals surface area contributed by atoms with Gasteiger partial charge in [-0.25, -0.2) is 4.57 Å². The minimum atomic E-state index is -3.88. The summed E-state index contributed by atoms with van der Waals surface area (Å²) in [5.41, 5.74) is 2.25. The van der Waals surface area contributed by atoms with E-state index in [1.54, 1.807) is 48.5 Å². The molecule has 0 saturated heterocycles. The van der Waals surface area contributed by atoms with Gasteiger partial charge in [-0.3, -0.25) is 4.52 Å². The van der Waals surface area contributed by atoms with Gasteiger partial charge < -0.3 is 13.8 Å². The second-order valence-corrected chi connectivity index (χ2v) is 10.8. The number of rotatable bonds is 14. The number of phosphoric ester groups is 1. The minimum absolute atomic E-state index is 0.00566. The Morgan fingerprint density at radius 1 is 0.595 bits per heavy atom. The average Bonchev–Trinajstić information content (AvgIpc) is 2.94. The summed E-state index contributed by atoms with van der Waals surface area (Å²) >= 11 is 3.84. The fraction of sp³-hybridized carbons (Fsp3) is 0.200. The van der Waals surface area contributed by atoms with E-state index in [0.29, 0.717) is 30.9 Å². The second-order valence-electron chi connectivity index (χ2n) is 8.31. The van der Waals surface area contributed by atoms with Crippen molar-refractivity contribution in [2.24, 2.45) is 0 Å². The van der Waals surface area contributed by atoms with E-state index in [-0.39, 0.29) is 17.5 Å². The van der Waals surface area contributed by atoms with Gasteiger partial charge in [-0.2, -0.15) is 0 Å². The molecule has 0 N–H and O–H groups in total. The number of benzene rings is 4. The molecule has 4 aromatic carbocycles. The van der Waals surface area contributed by atoms with Crippen LogP contribution in [0.5, 0.6) is 11.5 Å². The van der Waals surface area contributed by atoms with Crippen molar-refractivity contribution < 1.29 is 22.9 Å². The lowest BCUT2D eigenvalue weighted by atomic mass is 10.0. The van der Waals surface area contributed by atoms with E-state index in [2.05, 4.69) is 40.2 Å². The van der Waals surface area contributed by atoms with Crippen LogP contribution in [0.1, 0.15) is 34.9 Å². The van der Waals surface area contributed by atoms with E-state index in [1.807, 2.05) is 48.5 Å². The van der Waals surface area contributed by atoms with Gasteiger partial charge >= 0.3 is 7.82 Å². The zero-order valence-electron chi connectivity index (χ0n) is 20.4. The van der Waals surface area contributed by atoms with Gasteiger partial charge in [0, 0.05) is 6.61 Å². The summed E-state index contributed by atoms with van der Waals surface area (Å²) in [7, 11) is -3.88. The quantitative estimate of drug-likeness (QED) is 0.0846. The monoisotopic (exact) mass is 580 g/mol. The third-order valence-electron chi connectivity index (χ3n) is 5.52. The Balaban J connectivity index is 1.32. The zero-order chi connectivity index (χ0) is 25.8. The Kier molecular flexibility index (Phi) is 10.4. The maximum Gasteiger partial charge on any atom is 0.587 e. The predicted molar refractivity (Wildman–Crippen MR) is 150 cm³/mol. The molecule has 0 bridgehead atoms. The molecule has 192 valence electrons. The van der Waals surface area contributed by atoms with Crippen molar-refractivity contribution in [3.63, 3.8) is 0 Å². The molecule has 0 spiro atoms. The summed E-state index contributed by atoms with van der Waals surface area (Å²) in [6.45, 7) is 0.716. The van der Waals surface area contributed by atoms with E-state index in [1.165, 1.54) is 0 Å². The Bertz CT molecular complexity index is 1180. The van der Waals surface area contributed by atoms with Gasteiger partial charge in [-0.15, -0.1) is 0 Å². The number of alkyl halides is 1. The van der Waals surface area contributed by atoms with Gasteiger partial charge in [-0.1, -0.05) is 113 Å². The van der Waals surface area contributed by atoms with Crippen LogP contribution >= 0.6 is 23.8 Å². The van der Waals surface area contributed by atoms with Crippen LogP contribution in [-0.4, -0.2) is 13.2 Å². The molecular weight excluding hydrogens is 551 g/mol. The Hall–Kier alpha value is -2.89. The molecule has 4 aromatic rings. The smallest absolute Gasteiger partial charge is 0.395 e. The van der Waals surface area contributed by atoms with E-state index in [9.17, 15) is 4.57 Å².